The number of carbonyl (C=O) groups excluding carboxylic acids is 2. The summed E-state index contributed by atoms with van der Waals surface area (Å²) in [5, 5.41) is 6.14. The number of anilines is 2. The molecule has 2 aliphatic rings. The molecule has 0 aliphatic carbocycles. The van der Waals surface area contributed by atoms with Crippen molar-refractivity contribution in [1.82, 2.24) is 10.3 Å². The summed E-state index contributed by atoms with van der Waals surface area (Å²) in [5.41, 5.74) is 2.70. The molecule has 3 aromatic rings. The highest BCUT2D eigenvalue weighted by Gasteiger charge is 2.42. The van der Waals surface area contributed by atoms with Gasteiger partial charge in [-0.3, -0.25) is 9.59 Å². The van der Waals surface area contributed by atoms with E-state index in [2.05, 4.69) is 20.5 Å². The Kier molecular flexibility index (Phi) is 6.99. The number of carbonyl (C=O) groups is 2. The highest BCUT2D eigenvalue weighted by atomic mass is 16.5. The van der Waals surface area contributed by atoms with E-state index >= 15 is 0 Å². The van der Waals surface area contributed by atoms with Gasteiger partial charge in [0, 0.05) is 41.1 Å². The van der Waals surface area contributed by atoms with Crippen LogP contribution >= 0.6 is 0 Å². The first-order chi connectivity index (χ1) is 18.0. The Morgan fingerprint density at radius 3 is 2.27 bits per heavy atom. The number of methoxy groups -OCH3 is 2. The fourth-order valence-corrected chi connectivity index (χ4v) is 5.56. The van der Waals surface area contributed by atoms with Crippen LogP contribution in [0.3, 0.4) is 0 Å². The van der Waals surface area contributed by atoms with Gasteiger partial charge in [0.15, 0.2) is 0 Å². The van der Waals surface area contributed by atoms with Crippen molar-refractivity contribution >= 4 is 23.3 Å². The van der Waals surface area contributed by atoms with Crippen molar-refractivity contribution in [1.29, 1.82) is 0 Å². The molecule has 0 radical (unpaired) electrons. The summed E-state index contributed by atoms with van der Waals surface area (Å²) in [5.74, 6) is 2.06. The number of nitrogens with one attached hydrogen (secondary N) is 2. The van der Waals surface area contributed by atoms with Crippen LogP contribution in [0.4, 0.5) is 11.5 Å². The number of amides is 2. The molecule has 5 rings (SSSR count). The number of aromatic nitrogens is 1. The normalized spacial score (nSPS) is 20.3. The fraction of sp³-hybridized carbons (Fsp3) is 0.345. The fourth-order valence-electron chi connectivity index (χ4n) is 5.56. The molecule has 2 saturated heterocycles. The second kappa shape index (κ2) is 10.5. The molecule has 0 saturated carbocycles. The van der Waals surface area contributed by atoms with Crippen LogP contribution in [-0.4, -0.2) is 49.1 Å². The minimum Gasteiger partial charge on any atom is -0.497 e. The maximum atomic E-state index is 13.0. The van der Waals surface area contributed by atoms with Gasteiger partial charge in [-0.25, -0.2) is 4.98 Å². The van der Waals surface area contributed by atoms with E-state index in [1.807, 2.05) is 37.3 Å². The number of hydrogen-bond acceptors (Lipinski definition) is 6. The van der Waals surface area contributed by atoms with Gasteiger partial charge in [-0.1, -0.05) is 6.07 Å². The van der Waals surface area contributed by atoms with Gasteiger partial charge in [-0.05, 0) is 81.1 Å². The summed E-state index contributed by atoms with van der Waals surface area (Å²) < 4.78 is 10.5. The maximum absolute atomic E-state index is 13.0. The van der Waals surface area contributed by atoms with Crippen LogP contribution < -0.4 is 25.0 Å². The SMILES string of the molecule is COc1ccc(NC(=O)c2ccc(N3[C@@H]4CC[C@H]3C[C@@H](NC(=O)c3cccc(OC)c3C)C4)nc2)cc1. The zero-order valence-electron chi connectivity index (χ0n) is 21.4. The van der Waals surface area contributed by atoms with Gasteiger partial charge >= 0.3 is 0 Å². The average molecular weight is 501 g/mol. The third-order valence-corrected chi connectivity index (χ3v) is 7.44. The summed E-state index contributed by atoms with van der Waals surface area (Å²) in [6.07, 6.45) is 5.50. The molecule has 3 heterocycles. The van der Waals surface area contributed by atoms with Gasteiger partial charge in [0.05, 0.1) is 19.8 Å². The van der Waals surface area contributed by atoms with Crippen LogP contribution in [0.5, 0.6) is 11.5 Å². The number of fused-ring (bicyclic) bond motifs is 2. The lowest BCUT2D eigenvalue weighted by atomic mass is 9.96. The lowest BCUT2D eigenvalue weighted by Crippen LogP contribution is -2.50. The molecule has 3 atom stereocenters. The summed E-state index contributed by atoms with van der Waals surface area (Å²) in [6.45, 7) is 1.91. The van der Waals surface area contributed by atoms with Crippen LogP contribution in [0, 0.1) is 6.92 Å². The molecule has 0 spiro atoms. The minimum absolute atomic E-state index is 0.0559. The molecule has 1 aromatic heterocycles. The van der Waals surface area contributed by atoms with Crippen molar-refractivity contribution < 1.29 is 19.1 Å². The number of hydrogen-bond donors (Lipinski definition) is 2. The van der Waals surface area contributed by atoms with Crippen LogP contribution in [0.25, 0.3) is 0 Å². The van der Waals surface area contributed by atoms with E-state index in [9.17, 15) is 9.59 Å². The Hall–Kier alpha value is -4.07. The molecule has 8 nitrogen and oxygen atoms in total. The molecule has 2 aromatic carbocycles. The predicted octanol–water partition coefficient (Wildman–Crippen LogP) is 4.59. The minimum atomic E-state index is -0.207. The van der Waals surface area contributed by atoms with Crippen molar-refractivity contribution in [3.8, 4) is 11.5 Å². The standard InChI is InChI=1S/C29H32N4O4/c1-18-25(5-4-6-26(18)37-3)29(35)32-21-15-22-10-11-23(16-21)33(22)27-14-7-19(17-30-27)28(34)31-20-8-12-24(36-2)13-9-20/h4-9,12-14,17,21-23H,10-11,15-16H2,1-3H3,(H,31,34)(H,32,35)/t21-,22+,23-. The molecular formula is C29H32N4O4. The quantitative estimate of drug-likeness (QED) is 0.493. The number of pyridine rings is 1. The first-order valence-electron chi connectivity index (χ1n) is 12.6. The predicted molar refractivity (Wildman–Crippen MR) is 143 cm³/mol. The number of nitrogens with zero attached hydrogens (tertiary/aromatic N) is 2. The average Bonchev–Trinajstić information content (AvgIpc) is 3.19. The van der Waals surface area contributed by atoms with Gasteiger partial charge in [-0.15, -0.1) is 0 Å². The molecule has 37 heavy (non-hydrogen) atoms. The van der Waals surface area contributed by atoms with E-state index in [4.69, 9.17) is 9.47 Å². The van der Waals surface area contributed by atoms with Gasteiger partial charge in [-0.2, -0.15) is 0 Å². The zero-order chi connectivity index (χ0) is 25.9. The van der Waals surface area contributed by atoms with Crippen molar-refractivity contribution in [2.45, 2.75) is 50.7 Å². The van der Waals surface area contributed by atoms with E-state index in [0.29, 0.717) is 28.9 Å². The van der Waals surface area contributed by atoms with Gasteiger partial charge in [0.2, 0.25) is 0 Å². The highest BCUT2D eigenvalue weighted by molar-refractivity contribution is 6.04. The Bertz CT molecular complexity index is 1260. The Morgan fingerprint density at radius 2 is 1.65 bits per heavy atom. The first kappa shape index (κ1) is 24.6. The number of piperidine rings is 1. The number of ether oxygens (including phenoxy) is 2. The number of rotatable bonds is 7. The van der Waals surface area contributed by atoms with Crippen LogP contribution in [0.15, 0.2) is 60.8 Å². The third-order valence-electron chi connectivity index (χ3n) is 7.44. The van der Waals surface area contributed by atoms with Crippen molar-refractivity contribution in [3.05, 3.63) is 77.5 Å². The summed E-state index contributed by atoms with van der Waals surface area (Å²) in [4.78, 5) is 32.7. The molecule has 2 amide bonds. The Balaban J connectivity index is 1.21. The molecule has 2 bridgehead atoms. The Morgan fingerprint density at radius 1 is 0.919 bits per heavy atom. The molecular weight excluding hydrogens is 468 g/mol. The first-order valence-corrected chi connectivity index (χ1v) is 12.6. The summed E-state index contributed by atoms with van der Waals surface area (Å²) >= 11 is 0. The largest absolute Gasteiger partial charge is 0.497 e. The molecule has 8 heteroatoms. The van der Waals surface area contributed by atoms with Gasteiger partial charge < -0.3 is 25.0 Å². The second-order valence-electron chi connectivity index (χ2n) is 9.65. The summed E-state index contributed by atoms with van der Waals surface area (Å²) in [7, 11) is 3.22. The third kappa shape index (κ3) is 5.09. The van der Waals surface area contributed by atoms with E-state index in [-0.39, 0.29) is 17.9 Å². The lowest BCUT2D eigenvalue weighted by molar-refractivity contribution is 0.0925. The summed E-state index contributed by atoms with van der Waals surface area (Å²) in [6, 6.07) is 17.2. The van der Waals surface area contributed by atoms with Gasteiger partial charge in [0.25, 0.3) is 11.8 Å². The van der Waals surface area contributed by atoms with Crippen LogP contribution in [0.2, 0.25) is 0 Å². The highest BCUT2D eigenvalue weighted by Crippen LogP contribution is 2.38. The molecule has 2 aliphatic heterocycles. The van der Waals surface area contributed by atoms with Crippen molar-refractivity contribution in [2.75, 3.05) is 24.4 Å². The van der Waals surface area contributed by atoms with Crippen molar-refractivity contribution in [3.63, 3.8) is 0 Å². The van der Waals surface area contributed by atoms with E-state index in [0.717, 1.165) is 48.6 Å². The van der Waals surface area contributed by atoms with Crippen LogP contribution in [0.1, 0.15) is 52.0 Å². The van der Waals surface area contributed by atoms with Crippen molar-refractivity contribution in [2.24, 2.45) is 0 Å². The van der Waals surface area contributed by atoms with Gasteiger partial charge in [0.1, 0.15) is 17.3 Å². The molecule has 192 valence electrons. The van der Waals surface area contributed by atoms with E-state index in [1.165, 1.54) is 0 Å². The van der Waals surface area contributed by atoms with E-state index < -0.39 is 0 Å². The zero-order valence-corrected chi connectivity index (χ0v) is 21.4. The molecule has 2 fully saturated rings. The van der Waals surface area contributed by atoms with E-state index in [1.54, 1.807) is 44.7 Å². The second-order valence-corrected chi connectivity index (χ2v) is 9.65. The lowest BCUT2D eigenvalue weighted by Gasteiger charge is -2.40. The van der Waals surface area contributed by atoms with Crippen LogP contribution in [-0.2, 0) is 0 Å². The molecule has 0 unspecified atom stereocenters. The molecule has 2 N–H and O–H groups in total. The smallest absolute Gasteiger partial charge is 0.257 e. The maximum Gasteiger partial charge on any atom is 0.257 e. The topological polar surface area (TPSA) is 92.8 Å². The number of benzene rings is 2. The monoisotopic (exact) mass is 500 g/mol. The Labute approximate surface area is 217 Å².